The van der Waals surface area contributed by atoms with E-state index < -0.39 is 0 Å². The van der Waals surface area contributed by atoms with Crippen LogP contribution in [-0.2, 0) is 6.42 Å². The van der Waals surface area contributed by atoms with Gasteiger partial charge in [0.1, 0.15) is 0 Å². The van der Waals surface area contributed by atoms with Gasteiger partial charge in [-0.05, 0) is 72.6 Å². The maximum Gasteiger partial charge on any atom is 0.0701 e. The minimum Gasteiger partial charge on any atom is -0.314 e. The molecule has 0 spiro atoms. The van der Waals surface area contributed by atoms with Gasteiger partial charge in [0.2, 0.25) is 0 Å². The summed E-state index contributed by atoms with van der Waals surface area (Å²) in [6, 6.07) is 5.23. The molecule has 0 amide bonds. The summed E-state index contributed by atoms with van der Waals surface area (Å²) in [7, 11) is 0. The Balaban J connectivity index is 1.80. The summed E-state index contributed by atoms with van der Waals surface area (Å²) in [5.74, 6) is 0.892. The highest BCUT2D eigenvalue weighted by Gasteiger charge is 2.21. The zero-order chi connectivity index (χ0) is 12.1. The highest BCUT2D eigenvalue weighted by Crippen LogP contribution is 2.31. The van der Waals surface area contributed by atoms with Crippen molar-refractivity contribution in [3.05, 3.63) is 20.8 Å². The summed E-state index contributed by atoms with van der Waals surface area (Å²) >= 11 is 5.45. The molecular weight excluding hydrogens is 294 g/mol. The average molecular weight is 316 g/mol. The van der Waals surface area contributed by atoms with Crippen LogP contribution >= 0.6 is 27.3 Å². The van der Waals surface area contributed by atoms with E-state index in [-0.39, 0.29) is 0 Å². The van der Waals surface area contributed by atoms with Gasteiger partial charge in [-0.15, -0.1) is 11.3 Å². The van der Waals surface area contributed by atoms with Crippen LogP contribution in [0.5, 0.6) is 0 Å². The van der Waals surface area contributed by atoms with Crippen molar-refractivity contribution in [1.82, 2.24) is 5.32 Å². The molecule has 1 fully saturated rings. The fourth-order valence-corrected chi connectivity index (χ4v) is 4.35. The Labute approximate surface area is 117 Å². The molecule has 17 heavy (non-hydrogen) atoms. The van der Waals surface area contributed by atoms with E-state index >= 15 is 0 Å². The SMILES string of the molecule is CCCNC1CCCC(Cc2ccc(Br)s2)C1. The van der Waals surface area contributed by atoms with Crippen molar-refractivity contribution in [2.45, 2.75) is 51.5 Å². The zero-order valence-corrected chi connectivity index (χ0v) is 12.9. The van der Waals surface area contributed by atoms with E-state index in [1.807, 2.05) is 11.3 Å². The van der Waals surface area contributed by atoms with Crippen molar-refractivity contribution in [2.24, 2.45) is 5.92 Å². The van der Waals surface area contributed by atoms with Gasteiger partial charge in [-0.2, -0.15) is 0 Å². The minimum atomic E-state index is 0.775. The largest absolute Gasteiger partial charge is 0.314 e. The van der Waals surface area contributed by atoms with Crippen LogP contribution in [0, 0.1) is 5.92 Å². The Morgan fingerprint density at radius 1 is 1.41 bits per heavy atom. The molecule has 0 bridgehead atoms. The van der Waals surface area contributed by atoms with E-state index in [0.717, 1.165) is 12.0 Å². The first-order valence-electron chi connectivity index (χ1n) is 6.75. The fourth-order valence-electron chi connectivity index (χ4n) is 2.76. The molecule has 1 aliphatic carbocycles. The van der Waals surface area contributed by atoms with Gasteiger partial charge in [0.15, 0.2) is 0 Å². The summed E-state index contributed by atoms with van der Waals surface area (Å²) < 4.78 is 1.27. The van der Waals surface area contributed by atoms with Crippen LogP contribution in [0.2, 0.25) is 0 Å². The summed E-state index contributed by atoms with van der Waals surface area (Å²) in [4.78, 5) is 1.54. The Bertz CT molecular complexity index is 337. The molecule has 96 valence electrons. The van der Waals surface area contributed by atoms with Gasteiger partial charge < -0.3 is 5.32 Å². The molecule has 0 aliphatic heterocycles. The number of thiophene rings is 1. The Morgan fingerprint density at radius 3 is 3.00 bits per heavy atom. The third kappa shape index (κ3) is 4.38. The predicted octanol–water partition coefficient (Wildman–Crippen LogP) is 4.61. The van der Waals surface area contributed by atoms with E-state index in [1.165, 1.54) is 53.7 Å². The Hall–Kier alpha value is 0.140. The van der Waals surface area contributed by atoms with E-state index in [0.29, 0.717) is 0 Å². The molecule has 0 radical (unpaired) electrons. The molecule has 1 aromatic rings. The maximum absolute atomic E-state index is 3.69. The monoisotopic (exact) mass is 315 g/mol. The molecular formula is C14H22BrNS. The second-order valence-electron chi connectivity index (χ2n) is 5.09. The first-order valence-corrected chi connectivity index (χ1v) is 8.36. The number of nitrogens with one attached hydrogen (secondary N) is 1. The molecule has 3 heteroatoms. The quantitative estimate of drug-likeness (QED) is 0.836. The Kier molecular flexibility index (Phi) is 5.51. The lowest BCUT2D eigenvalue weighted by atomic mass is 9.83. The number of hydrogen-bond donors (Lipinski definition) is 1. The van der Waals surface area contributed by atoms with Gasteiger partial charge in [0.25, 0.3) is 0 Å². The smallest absolute Gasteiger partial charge is 0.0701 e. The van der Waals surface area contributed by atoms with Gasteiger partial charge in [-0.1, -0.05) is 13.3 Å². The number of rotatable bonds is 5. The molecule has 1 heterocycles. The number of halogens is 1. The highest BCUT2D eigenvalue weighted by atomic mass is 79.9. The van der Waals surface area contributed by atoms with Crippen LogP contribution in [0.1, 0.15) is 43.9 Å². The molecule has 1 nitrogen and oxygen atoms in total. The Morgan fingerprint density at radius 2 is 2.29 bits per heavy atom. The van der Waals surface area contributed by atoms with Crippen LogP contribution in [0.15, 0.2) is 15.9 Å². The van der Waals surface area contributed by atoms with E-state index in [2.05, 4.69) is 40.3 Å². The fraction of sp³-hybridized carbons (Fsp3) is 0.714. The molecule has 0 aromatic carbocycles. The average Bonchev–Trinajstić information content (AvgIpc) is 2.73. The lowest BCUT2D eigenvalue weighted by molar-refractivity contribution is 0.285. The van der Waals surface area contributed by atoms with Crippen LogP contribution < -0.4 is 5.32 Å². The molecule has 1 saturated carbocycles. The molecule has 0 saturated heterocycles. The highest BCUT2D eigenvalue weighted by molar-refractivity contribution is 9.11. The van der Waals surface area contributed by atoms with Crippen LogP contribution in [0.25, 0.3) is 0 Å². The minimum absolute atomic E-state index is 0.775. The summed E-state index contributed by atoms with van der Waals surface area (Å²) in [5.41, 5.74) is 0. The molecule has 1 aliphatic rings. The standard InChI is InChI=1S/C14H22BrNS/c1-2-8-16-12-5-3-4-11(9-12)10-13-6-7-14(15)17-13/h6-7,11-12,16H,2-5,8-10H2,1H3. The lowest BCUT2D eigenvalue weighted by Gasteiger charge is -2.29. The van der Waals surface area contributed by atoms with Crippen molar-refractivity contribution in [3.63, 3.8) is 0 Å². The van der Waals surface area contributed by atoms with Gasteiger partial charge in [0, 0.05) is 10.9 Å². The molecule has 2 atom stereocenters. The normalized spacial score (nSPS) is 25.1. The molecule has 2 unspecified atom stereocenters. The summed E-state index contributed by atoms with van der Waals surface area (Å²) in [5, 5.41) is 3.69. The van der Waals surface area contributed by atoms with Crippen molar-refractivity contribution in [2.75, 3.05) is 6.54 Å². The number of hydrogen-bond acceptors (Lipinski definition) is 2. The second-order valence-corrected chi connectivity index (χ2v) is 7.64. The van der Waals surface area contributed by atoms with Crippen molar-refractivity contribution >= 4 is 27.3 Å². The van der Waals surface area contributed by atoms with Crippen LogP contribution in [0.3, 0.4) is 0 Å². The topological polar surface area (TPSA) is 12.0 Å². The van der Waals surface area contributed by atoms with Gasteiger partial charge >= 0.3 is 0 Å². The molecule has 2 rings (SSSR count). The first kappa shape index (κ1) is 13.6. The van der Waals surface area contributed by atoms with E-state index in [4.69, 9.17) is 0 Å². The maximum atomic E-state index is 3.69. The lowest BCUT2D eigenvalue weighted by Crippen LogP contribution is -2.35. The van der Waals surface area contributed by atoms with Gasteiger partial charge in [-0.25, -0.2) is 0 Å². The van der Waals surface area contributed by atoms with Crippen LogP contribution in [0.4, 0.5) is 0 Å². The summed E-state index contributed by atoms with van der Waals surface area (Å²) in [6.07, 6.45) is 8.10. The summed E-state index contributed by atoms with van der Waals surface area (Å²) in [6.45, 7) is 3.43. The van der Waals surface area contributed by atoms with Crippen molar-refractivity contribution < 1.29 is 0 Å². The van der Waals surface area contributed by atoms with E-state index in [1.54, 1.807) is 0 Å². The molecule has 1 aromatic heterocycles. The molecule has 1 N–H and O–H groups in total. The van der Waals surface area contributed by atoms with Crippen LogP contribution in [-0.4, -0.2) is 12.6 Å². The zero-order valence-electron chi connectivity index (χ0n) is 10.5. The second kappa shape index (κ2) is 6.91. The van der Waals surface area contributed by atoms with E-state index in [9.17, 15) is 0 Å². The third-order valence-electron chi connectivity index (χ3n) is 3.58. The third-order valence-corrected chi connectivity index (χ3v) is 5.23. The van der Waals surface area contributed by atoms with Gasteiger partial charge in [-0.3, -0.25) is 0 Å². The van der Waals surface area contributed by atoms with Crippen molar-refractivity contribution in [1.29, 1.82) is 0 Å². The van der Waals surface area contributed by atoms with Crippen molar-refractivity contribution in [3.8, 4) is 0 Å². The first-order chi connectivity index (χ1) is 8.28. The predicted molar refractivity (Wildman–Crippen MR) is 79.8 cm³/mol. The van der Waals surface area contributed by atoms with Gasteiger partial charge in [0.05, 0.1) is 3.79 Å².